The van der Waals surface area contributed by atoms with E-state index < -0.39 is 0 Å². The molecule has 4 heteroatoms. The van der Waals surface area contributed by atoms with Crippen LogP contribution in [0.5, 0.6) is 5.75 Å². The zero-order valence-corrected chi connectivity index (χ0v) is 18.6. The van der Waals surface area contributed by atoms with Crippen LogP contribution in [0.3, 0.4) is 0 Å². The van der Waals surface area contributed by atoms with Gasteiger partial charge in [-0.1, -0.05) is 64.7 Å². The molecule has 0 bridgehead atoms. The number of rotatable bonds is 3. The topological polar surface area (TPSA) is 37.7 Å². The van der Waals surface area contributed by atoms with E-state index in [4.69, 9.17) is 9.84 Å². The van der Waals surface area contributed by atoms with E-state index in [9.17, 15) is 0 Å². The molecule has 0 radical (unpaired) electrons. The van der Waals surface area contributed by atoms with Gasteiger partial charge in [0.05, 0.1) is 29.8 Å². The summed E-state index contributed by atoms with van der Waals surface area (Å²) in [6, 6.07) is 2.07. The lowest BCUT2D eigenvalue weighted by atomic mass is 9.86. The van der Waals surface area contributed by atoms with Gasteiger partial charge < -0.3 is 4.74 Å². The van der Waals surface area contributed by atoms with E-state index in [0.29, 0.717) is 6.61 Å². The number of pyridine rings is 1. The minimum atomic E-state index is 0.169. The van der Waals surface area contributed by atoms with Crippen LogP contribution in [0.2, 0.25) is 0 Å². The van der Waals surface area contributed by atoms with Crippen LogP contribution in [0.4, 0.5) is 0 Å². The summed E-state index contributed by atoms with van der Waals surface area (Å²) < 4.78 is 5.90. The Labute approximate surface area is 172 Å². The highest BCUT2D eigenvalue weighted by atomic mass is 16.5. The number of nitrogens with zero attached hydrogens (tertiary/aromatic N) is 3. The molecule has 2 atom stereocenters. The predicted molar refractivity (Wildman–Crippen MR) is 123 cm³/mol. The van der Waals surface area contributed by atoms with Gasteiger partial charge >= 0.3 is 0 Å². The highest BCUT2D eigenvalue weighted by Gasteiger charge is 2.41. The fraction of sp³-hybridized carbons (Fsp3) is 0.417. The van der Waals surface area contributed by atoms with E-state index in [2.05, 4.69) is 24.2 Å². The van der Waals surface area contributed by atoms with Crippen molar-refractivity contribution in [3.63, 3.8) is 0 Å². The zero-order chi connectivity index (χ0) is 21.5. The number of likely N-dealkylation sites (N-methyl/N-ethyl adjacent to an activating group) is 1. The summed E-state index contributed by atoms with van der Waals surface area (Å²) >= 11 is 0. The van der Waals surface area contributed by atoms with Crippen LogP contribution in [-0.4, -0.2) is 35.4 Å². The van der Waals surface area contributed by atoms with Crippen LogP contribution >= 0.6 is 0 Å². The monoisotopic (exact) mass is 383 g/mol. The smallest absolute Gasteiger partial charge is 0.131 e. The Balaban J connectivity index is 0.000000930. The quantitative estimate of drug-likeness (QED) is 0.471. The van der Waals surface area contributed by atoms with E-state index >= 15 is 0 Å². The summed E-state index contributed by atoms with van der Waals surface area (Å²) in [5.74, 6) is 1.09. The molecule has 1 aromatic heterocycles. The van der Waals surface area contributed by atoms with Gasteiger partial charge in [-0.25, -0.2) is 0 Å². The molecular weight excluding hydrogens is 346 g/mol. The molecule has 2 aliphatic rings. The zero-order valence-electron chi connectivity index (χ0n) is 18.6. The first-order valence-electron chi connectivity index (χ1n) is 10.1. The summed E-state index contributed by atoms with van der Waals surface area (Å²) in [5, 5.41) is 6.75. The lowest BCUT2D eigenvalue weighted by Gasteiger charge is -2.29. The van der Waals surface area contributed by atoms with Crippen LogP contribution in [0.25, 0.3) is 0 Å². The first kappa shape index (κ1) is 25.4. The number of hydrogen-bond donors (Lipinski definition) is 0. The third-order valence-corrected chi connectivity index (χ3v) is 3.89. The lowest BCUT2D eigenvalue weighted by Crippen LogP contribution is -2.38. The molecule has 0 saturated heterocycles. The van der Waals surface area contributed by atoms with E-state index in [1.54, 1.807) is 12.3 Å². The molecular formula is C24H37N3O. The molecule has 1 aromatic rings. The van der Waals surface area contributed by atoms with Crippen molar-refractivity contribution in [2.24, 2.45) is 11.0 Å². The largest absolute Gasteiger partial charge is 0.492 e. The Kier molecular flexibility index (Phi) is 13.1. The Hall–Kier alpha value is -2.62. The molecule has 2 unspecified atom stereocenters. The molecule has 0 aromatic carbocycles. The number of allylic oxidation sites excluding steroid dienone is 4. The Morgan fingerprint density at radius 1 is 1.21 bits per heavy atom. The van der Waals surface area contributed by atoms with E-state index in [1.807, 2.05) is 84.1 Å². The van der Waals surface area contributed by atoms with Crippen molar-refractivity contribution in [1.82, 2.24) is 9.99 Å². The normalized spacial score (nSPS) is 19.2. The molecule has 0 aliphatic carbocycles. The van der Waals surface area contributed by atoms with Gasteiger partial charge in [-0.15, -0.1) is 6.58 Å². The first-order chi connectivity index (χ1) is 13.7. The molecule has 3 heterocycles. The third kappa shape index (κ3) is 6.22. The highest BCUT2D eigenvalue weighted by molar-refractivity contribution is 6.06. The van der Waals surface area contributed by atoms with Crippen molar-refractivity contribution in [3.8, 4) is 5.75 Å². The number of aromatic nitrogens is 1. The summed E-state index contributed by atoms with van der Waals surface area (Å²) in [6.45, 7) is 19.7. The van der Waals surface area contributed by atoms with Crippen molar-refractivity contribution < 1.29 is 4.74 Å². The molecule has 28 heavy (non-hydrogen) atoms. The Morgan fingerprint density at radius 3 is 2.43 bits per heavy atom. The van der Waals surface area contributed by atoms with Crippen molar-refractivity contribution in [1.29, 1.82) is 0 Å². The maximum absolute atomic E-state index is 5.90. The van der Waals surface area contributed by atoms with Crippen LogP contribution < -0.4 is 4.74 Å². The number of hydrogen-bond acceptors (Lipinski definition) is 4. The van der Waals surface area contributed by atoms with E-state index in [1.165, 1.54) is 5.57 Å². The average molecular weight is 384 g/mol. The lowest BCUT2D eigenvalue weighted by molar-refractivity contribution is 0.212. The summed E-state index contributed by atoms with van der Waals surface area (Å²) in [4.78, 5) is 4.20. The molecule has 0 spiro atoms. The Morgan fingerprint density at radius 2 is 1.86 bits per heavy atom. The van der Waals surface area contributed by atoms with Gasteiger partial charge in [0.2, 0.25) is 0 Å². The molecule has 4 nitrogen and oxygen atoms in total. The molecule has 2 aliphatic heterocycles. The molecule has 0 fully saturated rings. The van der Waals surface area contributed by atoms with Gasteiger partial charge in [-0.05, 0) is 25.5 Å². The van der Waals surface area contributed by atoms with Gasteiger partial charge in [0, 0.05) is 19.4 Å². The van der Waals surface area contributed by atoms with E-state index in [-0.39, 0.29) is 12.0 Å². The predicted octanol–water partition coefficient (Wildman–Crippen LogP) is 6.04. The standard InChI is InChI=1S/C17H19N3O.C3H6.2C2H6/c1-4-6-12(7-5-2)17-14-11-21-15-8-9-18-10-13(15)16(14)19-20(17)3;1-3-2;2*1-2/h4-10,14,17H,1,11H2,2-3H3;3H,1H2,2H3;2*1-2H3/b7-5-,12-6+;;;. The SMILES string of the molecule is C=C/C=C(\C=C/C)C1C2COc3ccncc3C2=NN1C.C=CC.CC.CC. The molecule has 0 saturated carbocycles. The summed E-state index contributed by atoms with van der Waals surface area (Å²) in [5.41, 5.74) is 3.26. The fourth-order valence-electron chi connectivity index (χ4n) is 3.05. The maximum Gasteiger partial charge on any atom is 0.131 e. The Bertz CT molecular complexity index is 689. The van der Waals surface area contributed by atoms with Crippen LogP contribution in [0, 0.1) is 5.92 Å². The molecule has 3 rings (SSSR count). The van der Waals surface area contributed by atoms with Crippen molar-refractivity contribution in [3.05, 3.63) is 73.1 Å². The second kappa shape index (κ2) is 14.4. The molecule has 0 N–H and O–H groups in total. The van der Waals surface area contributed by atoms with Gasteiger partial charge in [0.15, 0.2) is 0 Å². The minimum Gasteiger partial charge on any atom is -0.492 e. The fourth-order valence-corrected chi connectivity index (χ4v) is 3.05. The van der Waals surface area contributed by atoms with Gasteiger partial charge in [-0.2, -0.15) is 5.10 Å². The number of hydrazone groups is 1. The molecule has 154 valence electrons. The number of ether oxygens (including phenoxy) is 1. The third-order valence-electron chi connectivity index (χ3n) is 3.89. The van der Waals surface area contributed by atoms with Crippen molar-refractivity contribution in [2.75, 3.05) is 13.7 Å². The second-order valence-electron chi connectivity index (χ2n) is 5.60. The van der Waals surface area contributed by atoms with E-state index in [0.717, 1.165) is 17.0 Å². The summed E-state index contributed by atoms with van der Waals surface area (Å²) in [7, 11) is 2.01. The minimum absolute atomic E-state index is 0.169. The maximum atomic E-state index is 5.90. The van der Waals surface area contributed by atoms with Crippen LogP contribution in [-0.2, 0) is 0 Å². The first-order valence-corrected chi connectivity index (χ1v) is 10.1. The number of fused-ring (bicyclic) bond motifs is 3. The summed E-state index contributed by atoms with van der Waals surface area (Å²) in [6.07, 6.45) is 13.3. The average Bonchev–Trinajstić information content (AvgIpc) is 3.08. The van der Waals surface area contributed by atoms with Crippen LogP contribution in [0.1, 0.15) is 47.1 Å². The van der Waals surface area contributed by atoms with Gasteiger partial charge in [0.1, 0.15) is 5.75 Å². The van der Waals surface area contributed by atoms with Crippen molar-refractivity contribution >= 4 is 5.71 Å². The second-order valence-corrected chi connectivity index (χ2v) is 5.60. The van der Waals surface area contributed by atoms with Crippen molar-refractivity contribution in [2.45, 2.75) is 47.6 Å². The highest BCUT2D eigenvalue weighted by Crippen LogP contribution is 2.36. The van der Waals surface area contributed by atoms with Gasteiger partial charge in [-0.3, -0.25) is 9.99 Å². The molecule has 0 amide bonds. The van der Waals surface area contributed by atoms with Gasteiger partial charge in [0.25, 0.3) is 0 Å². The van der Waals surface area contributed by atoms with Crippen LogP contribution in [0.15, 0.2) is 72.7 Å².